The van der Waals surface area contributed by atoms with Gasteiger partial charge in [-0.2, -0.15) is 0 Å². The van der Waals surface area contributed by atoms with Crippen LogP contribution in [-0.4, -0.2) is 62.4 Å². The van der Waals surface area contributed by atoms with Crippen molar-refractivity contribution in [2.75, 3.05) is 33.3 Å². The second-order valence-corrected chi connectivity index (χ2v) is 5.14. The van der Waals surface area contributed by atoms with Gasteiger partial charge in [-0.25, -0.2) is 0 Å². The van der Waals surface area contributed by atoms with Crippen LogP contribution in [0.25, 0.3) is 0 Å². The number of rotatable bonds is 6. The third-order valence-electron chi connectivity index (χ3n) is 3.79. The lowest BCUT2D eigenvalue weighted by Gasteiger charge is -2.32. The van der Waals surface area contributed by atoms with Gasteiger partial charge in [-0.3, -0.25) is 9.69 Å². The Bertz CT molecular complexity index is 273. The quantitative estimate of drug-likeness (QED) is 0.697. The Hall–Kier alpha value is -0.650. The molecule has 1 N–H and O–H groups in total. The Kier molecular flexibility index (Phi) is 4.97. The molecule has 0 spiro atoms. The summed E-state index contributed by atoms with van der Waals surface area (Å²) in [7, 11) is 1.45. The van der Waals surface area contributed by atoms with Crippen molar-refractivity contribution in [3.05, 3.63) is 0 Å². The van der Waals surface area contributed by atoms with Gasteiger partial charge in [-0.1, -0.05) is 6.92 Å². The Balaban J connectivity index is 1.76. The van der Waals surface area contributed by atoms with E-state index in [4.69, 9.17) is 9.47 Å². The number of carbonyl (C=O) groups excluding carboxylic acids is 1. The van der Waals surface area contributed by atoms with Crippen molar-refractivity contribution in [3.8, 4) is 0 Å². The summed E-state index contributed by atoms with van der Waals surface area (Å²) < 4.78 is 10.6. The molecule has 18 heavy (non-hydrogen) atoms. The standard InChI is InChI=1S/C13H24N2O3/c1-3-14-12(13(16)17-2)6-7-15-8-10-4-5-11(9-15)18-10/h10-12,14H,3-9H2,1-2H3. The van der Waals surface area contributed by atoms with Gasteiger partial charge in [0.05, 0.1) is 19.3 Å². The van der Waals surface area contributed by atoms with Crippen molar-refractivity contribution in [1.82, 2.24) is 10.2 Å². The minimum atomic E-state index is -0.180. The minimum absolute atomic E-state index is 0.159. The molecule has 3 atom stereocenters. The molecule has 2 fully saturated rings. The van der Waals surface area contributed by atoms with Crippen LogP contribution in [0, 0.1) is 0 Å². The molecule has 0 aliphatic carbocycles. The van der Waals surface area contributed by atoms with E-state index >= 15 is 0 Å². The number of ether oxygens (including phenoxy) is 2. The number of morpholine rings is 1. The molecule has 5 heteroatoms. The number of methoxy groups -OCH3 is 1. The third kappa shape index (κ3) is 3.43. The van der Waals surface area contributed by atoms with Crippen LogP contribution in [0.2, 0.25) is 0 Å². The van der Waals surface area contributed by atoms with E-state index in [-0.39, 0.29) is 12.0 Å². The summed E-state index contributed by atoms with van der Waals surface area (Å²) in [5, 5.41) is 3.18. The SMILES string of the molecule is CCNC(CCN1CC2CCC(C1)O2)C(=O)OC. The maximum absolute atomic E-state index is 11.6. The van der Waals surface area contributed by atoms with Crippen LogP contribution in [0.1, 0.15) is 26.2 Å². The van der Waals surface area contributed by atoms with Crippen molar-refractivity contribution in [2.45, 2.75) is 44.4 Å². The van der Waals surface area contributed by atoms with E-state index in [0.717, 1.165) is 32.6 Å². The highest BCUT2D eigenvalue weighted by Gasteiger charge is 2.33. The van der Waals surface area contributed by atoms with Gasteiger partial charge in [0.2, 0.25) is 0 Å². The third-order valence-corrected chi connectivity index (χ3v) is 3.79. The van der Waals surface area contributed by atoms with Crippen LogP contribution in [-0.2, 0) is 14.3 Å². The molecule has 2 heterocycles. The van der Waals surface area contributed by atoms with E-state index in [0.29, 0.717) is 12.2 Å². The summed E-state index contributed by atoms with van der Waals surface area (Å²) in [6.07, 6.45) is 4.02. The predicted octanol–water partition coefficient (Wildman–Crippen LogP) is 0.391. The zero-order valence-corrected chi connectivity index (χ0v) is 11.4. The molecule has 2 rings (SSSR count). The predicted molar refractivity (Wildman–Crippen MR) is 68.4 cm³/mol. The first kappa shape index (κ1) is 13.8. The van der Waals surface area contributed by atoms with E-state index in [1.807, 2.05) is 6.92 Å². The van der Waals surface area contributed by atoms with E-state index in [9.17, 15) is 4.79 Å². The summed E-state index contributed by atoms with van der Waals surface area (Å²) in [6.45, 7) is 5.75. The number of carbonyl (C=O) groups is 1. The Morgan fingerprint density at radius 2 is 2.11 bits per heavy atom. The first-order valence-electron chi connectivity index (χ1n) is 6.92. The van der Waals surface area contributed by atoms with Gasteiger partial charge >= 0.3 is 5.97 Å². The second-order valence-electron chi connectivity index (χ2n) is 5.14. The topological polar surface area (TPSA) is 50.8 Å². The maximum atomic E-state index is 11.6. The average molecular weight is 256 g/mol. The molecule has 104 valence electrons. The van der Waals surface area contributed by atoms with Gasteiger partial charge in [-0.05, 0) is 25.8 Å². The highest BCUT2D eigenvalue weighted by molar-refractivity contribution is 5.75. The smallest absolute Gasteiger partial charge is 0.322 e. The maximum Gasteiger partial charge on any atom is 0.322 e. The van der Waals surface area contributed by atoms with Gasteiger partial charge in [0, 0.05) is 19.6 Å². The lowest BCUT2D eigenvalue weighted by atomic mass is 10.2. The summed E-state index contributed by atoms with van der Waals surface area (Å²) >= 11 is 0. The van der Waals surface area contributed by atoms with Crippen LogP contribution in [0.5, 0.6) is 0 Å². The molecule has 2 aliphatic rings. The molecule has 0 saturated carbocycles. The van der Waals surface area contributed by atoms with E-state index in [1.54, 1.807) is 0 Å². The number of likely N-dealkylation sites (N-methyl/N-ethyl adjacent to an activating group) is 1. The largest absolute Gasteiger partial charge is 0.468 e. The molecular weight excluding hydrogens is 232 g/mol. The van der Waals surface area contributed by atoms with Crippen molar-refractivity contribution >= 4 is 5.97 Å². The first-order valence-corrected chi connectivity index (χ1v) is 6.92. The molecule has 2 bridgehead atoms. The molecule has 0 aromatic rings. The number of fused-ring (bicyclic) bond motifs is 2. The lowest BCUT2D eigenvalue weighted by Crippen LogP contribution is -2.46. The molecule has 2 saturated heterocycles. The molecular formula is C13H24N2O3. The van der Waals surface area contributed by atoms with Crippen LogP contribution in [0.3, 0.4) is 0 Å². The van der Waals surface area contributed by atoms with Crippen molar-refractivity contribution in [3.63, 3.8) is 0 Å². The fourth-order valence-electron chi connectivity index (χ4n) is 2.89. The highest BCUT2D eigenvalue weighted by atomic mass is 16.5. The number of esters is 1. The number of hydrogen-bond donors (Lipinski definition) is 1. The zero-order valence-electron chi connectivity index (χ0n) is 11.4. The fraction of sp³-hybridized carbons (Fsp3) is 0.923. The first-order chi connectivity index (χ1) is 8.72. The van der Waals surface area contributed by atoms with Crippen molar-refractivity contribution in [1.29, 1.82) is 0 Å². The number of hydrogen-bond acceptors (Lipinski definition) is 5. The van der Waals surface area contributed by atoms with E-state index in [1.165, 1.54) is 20.0 Å². The van der Waals surface area contributed by atoms with Crippen LogP contribution < -0.4 is 5.32 Å². The molecule has 3 unspecified atom stereocenters. The summed E-state index contributed by atoms with van der Waals surface area (Å²) in [5.41, 5.74) is 0. The Morgan fingerprint density at radius 1 is 1.44 bits per heavy atom. The summed E-state index contributed by atoms with van der Waals surface area (Å²) in [5.74, 6) is -0.159. The number of nitrogens with zero attached hydrogens (tertiary/aromatic N) is 1. The molecule has 5 nitrogen and oxygen atoms in total. The molecule has 0 radical (unpaired) electrons. The van der Waals surface area contributed by atoms with Gasteiger partial charge < -0.3 is 14.8 Å². The van der Waals surface area contributed by atoms with Gasteiger partial charge in [0.1, 0.15) is 6.04 Å². The number of likely N-dealkylation sites (tertiary alicyclic amines) is 1. The second kappa shape index (κ2) is 6.50. The van der Waals surface area contributed by atoms with Crippen LogP contribution >= 0.6 is 0 Å². The molecule has 0 aromatic heterocycles. The highest BCUT2D eigenvalue weighted by Crippen LogP contribution is 2.26. The summed E-state index contributed by atoms with van der Waals surface area (Å²) in [4.78, 5) is 14.0. The average Bonchev–Trinajstić information content (AvgIpc) is 2.72. The van der Waals surface area contributed by atoms with Crippen molar-refractivity contribution in [2.24, 2.45) is 0 Å². The zero-order chi connectivity index (χ0) is 13.0. The molecule has 0 aromatic carbocycles. The summed E-state index contributed by atoms with van der Waals surface area (Å²) in [6, 6.07) is -0.180. The van der Waals surface area contributed by atoms with Gasteiger partial charge in [0.25, 0.3) is 0 Å². The van der Waals surface area contributed by atoms with Gasteiger partial charge in [-0.15, -0.1) is 0 Å². The lowest BCUT2D eigenvalue weighted by molar-refractivity contribution is -0.143. The number of nitrogens with one attached hydrogen (secondary N) is 1. The fourth-order valence-corrected chi connectivity index (χ4v) is 2.89. The van der Waals surface area contributed by atoms with Crippen LogP contribution in [0.15, 0.2) is 0 Å². The minimum Gasteiger partial charge on any atom is -0.468 e. The molecule has 0 amide bonds. The van der Waals surface area contributed by atoms with E-state index in [2.05, 4.69) is 10.2 Å². The van der Waals surface area contributed by atoms with Crippen LogP contribution in [0.4, 0.5) is 0 Å². The Labute approximate surface area is 109 Å². The monoisotopic (exact) mass is 256 g/mol. The van der Waals surface area contributed by atoms with E-state index < -0.39 is 0 Å². The normalized spacial score (nSPS) is 29.2. The Morgan fingerprint density at radius 3 is 2.67 bits per heavy atom. The van der Waals surface area contributed by atoms with Crippen molar-refractivity contribution < 1.29 is 14.3 Å². The molecule has 2 aliphatic heterocycles. The van der Waals surface area contributed by atoms with Gasteiger partial charge in [0.15, 0.2) is 0 Å².